The molecule has 1 saturated heterocycles. The first-order valence-electron chi connectivity index (χ1n) is 8.67. The number of carbonyl (C=O) groups is 1. The molecule has 1 amide bonds. The Morgan fingerprint density at radius 3 is 2.79 bits per heavy atom. The van der Waals surface area contributed by atoms with Gasteiger partial charge in [0, 0.05) is 18.1 Å². The van der Waals surface area contributed by atoms with Gasteiger partial charge in [0.25, 0.3) is 0 Å². The van der Waals surface area contributed by atoms with E-state index in [1.54, 1.807) is 38.2 Å². The number of hydrogen-bond acceptors (Lipinski definition) is 7. The normalized spacial score (nSPS) is 19.3. The van der Waals surface area contributed by atoms with Crippen molar-refractivity contribution in [3.05, 3.63) is 35.1 Å². The van der Waals surface area contributed by atoms with Crippen LogP contribution in [-0.2, 0) is 21.2 Å². The van der Waals surface area contributed by atoms with Crippen molar-refractivity contribution in [2.24, 2.45) is 0 Å². The lowest BCUT2D eigenvalue weighted by atomic mass is 10.2. The number of ether oxygens (including phenoxy) is 1. The maximum Gasteiger partial charge on any atom is 0.235 e. The van der Waals surface area contributed by atoms with E-state index >= 15 is 0 Å². The van der Waals surface area contributed by atoms with Gasteiger partial charge in [-0.25, -0.2) is 13.4 Å². The molecule has 1 fully saturated rings. The van der Waals surface area contributed by atoms with E-state index in [-0.39, 0.29) is 30.1 Å². The SMILES string of the molecule is CC(Sc1n[nH]c(COc2ccc(Cl)cc2)n1)C(=O)N(C)C1CCS(=O)(=O)C1. The third kappa shape index (κ3) is 5.39. The molecule has 1 N–H and O–H groups in total. The Balaban J connectivity index is 1.52. The van der Waals surface area contributed by atoms with Crippen LogP contribution in [0.3, 0.4) is 0 Å². The van der Waals surface area contributed by atoms with Crippen molar-refractivity contribution in [1.82, 2.24) is 20.1 Å². The van der Waals surface area contributed by atoms with Crippen LogP contribution in [0.2, 0.25) is 5.02 Å². The molecule has 2 heterocycles. The van der Waals surface area contributed by atoms with Crippen LogP contribution in [0.4, 0.5) is 0 Å². The van der Waals surface area contributed by atoms with Gasteiger partial charge in [-0.3, -0.25) is 9.89 Å². The van der Waals surface area contributed by atoms with Crippen LogP contribution in [0.1, 0.15) is 19.2 Å². The summed E-state index contributed by atoms with van der Waals surface area (Å²) >= 11 is 7.05. The lowest BCUT2D eigenvalue weighted by Gasteiger charge is -2.25. The van der Waals surface area contributed by atoms with Crippen molar-refractivity contribution in [3.8, 4) is 5.75 Å². The number of carbonyl (C=O) groups excluding carboxylic acids is 1. The number of rotatable bonds is 7. The van der Waals surface area contributed by atoms with E-state index < -0.39 is 15.1 Å². The average Bonchev–Trinajstić information content (AvgIpc) is 3.25. The maximum atomic E-state index is 12.6. The van der Waals surface area contributed by atoms with Crippen molar-refractivity contribution in [2.75, 3.05) is 18.6 Å². The number of thioether (sulfide) groups is 1. The molecule has 28 heavy (non-hydrogen) atoms. The van der Waals surface area contributed by atoms with Crippen LogP contribution in [0.5, 0.6) is 5.75 Å². The maximum absolute atomic E-state index is 12.6. The van der Waals surface area contributed by atoms with Gasteiger partial charge in [-0.2, -0.15) is 0 Å². The lowest BCUT2D eigenvalue weighted by Crippen LogP contribution is -2.41. The highest BCUT2D eigenvalue weighted by Crippen LogP contribution is 2.24. The second-order valence-corrected chi connectivity index (χ2v) is 10.5. The number of hydrogen-bond donors (Lipinski definition) is 1. The fourth-order valence-electron chi connectivity index (χ4n) is 2.83. The first-order valence-corrected chi connectivity index (χ1v) is 11.7. The number of nitrogens with one attached hydrogen (secondary N) is 1. The summed E-state index contributed by atoms with van der Waals surface area (Å²) in [6.45, 7) is 1.96. The van der Waals surface area contributed by atoms with Crippen molar-refractivity contribution in [1.29, 1.82) is 0 Å². The molecular formula is C17H21ClN4O4S2. The number of H-pyrrole nitrogens is 1. The Hall–Kier alpha value is -1.78. The third-order valence-electron chi connectivity index (χ3n) is 4.43. The summed E-state index contributed by atoms with van der Waals surface area (Å²) < 4.78 is 28.9. The summed E-state index contributed by atoms with van der Waals surface area (Å²) in [5, 5.41) is 7.52. The quantitative estimate of drug-likeness (QED) is 0.652. The van der Waals surface area contributed by atoms with Crippen LogP contribution in [0.15, 0.2) is 29.4 Å². The Morgan fingerprint density at radius 2 is 2.14 bits per heavy atom. The molecule has 0 saturated carbocycles. The lowest BCUT2D eigenvalue weighted by molar-refractivity contribution is -0.130. The molecule has 1 aromatic carbocycles. The van der Waals surface area contributed by atoms with Gasteiger partial charge in [0.15, 0.2) is 15.7 Å². The highest BCUT2D eigenvalue weighted by Gasteiger charge is 2.34. The van der Waals surface area contributed by atoms with Crippen LogP contribution < -0.4 is 4.74 Å². The summed E-state index contributed by atoms with van der Waals surface area (Å²) in [4.78, 5) is 18.5. The second kappa shape index (κ2) is 8.71. The van der Waals surface area contributed by atoms with Crippen molar-refractivity contribution >= 4 is 39.1 Å². The number of amides is 1. The van der Waals surface area contributed by atoms with Gasteiger partial charge in [-0.1, -0.05) is 23.4 Å². The summed E-state index contributed by atoms with van der Waals surface area (Å²) in [7, 11) is -1.39. The predicted octanol–water partition coefficient (Wildman–Crippen LogP) is 2.16. The minimum Gasteiger partial charge on any atom is -0.486 e. The molecule has 0 aliphatic carbocycles. The Morgan fingerprint density at radius 1 is 1.43 bits per heavy atom. The van der Waals surface area contributed by atoms with Gasteiger partial charge < -0.3 is 9.64 Å². The van der Waals surface area contributed by atoms with Crippen molar-refractivity contribution in [3.63, 3.8) is 0 Å². The molecule has 1 aliphatic rings. The van der Waals surface area contributed by atoms with Gasteiger partial charge in [-0.15, -0.1) is 5.10 Å². The first-order chi connectivity index (χ1) is 13.2. The van der Waals surface area contributed by atoms with E-state index in [1.165, 1.54) is 16.7 Å². The molecule has 152 valence electrons. The number of aromatic amines is 1. The first kappa shape index (κ1) is 20.9. The summed E-state index contributed by atoms with van der Waals surface area (Å²) in [6, 6.07) is 6.72. The molecule has 2 aromatic rings. The standard InChI is InChI=1S/C17H21ClN4O4S2/c1-11(16(23)22(2)13-7-8-28(24,25)10-13)27-17-19-15(20-21-17)9-26-14-5-3-12(18)4-6-14/h3-6,11,13H,7-10H2,1-2H3,(H,19,20,21). The number of nitrogens with zero attached hydrogens (tertiary/aromatic N) is 3. The zero-order valence-corrected chi connectivity index (χ0v) is 17.9. The Bertz CT molecular complexity index is 933. The summed E-state index contributed by atoms with van der Waals surface area (Å²) in [5.74, 6) is 1.21. The van der Waals surface area contributed by atoms with E-state index in [4.69, 9.17) is 16.3 Å². The number of halogens is 1. The van der Waals surface area contributed by atoms with Crippen molar-refractivity contribution < 1.29 is 17.9 Å². The highest BCUT2D eigenvalue weighted by molar-refractivity contribution is 8.00. The molecule has 0 bridgehead atoms. The Kier molecular flexibility index (Phi) is 6.51. The van der Waals surface area contributed by atoms with Gasteiger partial charge in [0.2, 0.25) is 11.1 Å². The van der Waals surface area contributed by atoms with Crippen LogP contribution >= 0.6 is 23.4 Å². The molecule has 8 nitrogen and oxygen atoms in total. The van der Waals surface area contributed by atoms with Crippen molar-refractivity contribution in [2.45, 2.75) is 36.4 Å². The fraction of sp³-hybridized carbons (Fsp3) is 0.471. The third-order valence-corrected chi connectivity index (χ3v) is 7.39. The monoisotopic (exact) mass is 444 g/mol. The molecular weight excluding hydrogens is 424 g/mol. The minimum atomic E-state index is -3.04. The summed E-state index contributed by atoms with van der Waals surface area (Å²) in [5.41, 5.74) is 0. The topological polar surface area (TPSA) is 105 Å². The number of sulfone groups is 1. The number of benzene rings is 1. The molecule has 1 aliphatic heterocycles. The fourth-order valence-corrected chi connectivity index (χ4v) is 5.58. The minimum absolute atomic E-state index is 0.0272. The molecule has 1 aromatic heterocycles. The molecule has 3 rings (SSSR count). The van der Waals surface area contributed by atoms with E-state index in [1.807, 2.05) is 0 Å². The van der Waals surface area contributed by atoms with Gasteiger partial charge in [0.1, 0.15) is 12.4 Å². The smallest absolute Gasteiger partial charge is 0.235 e. The van der Waals surface area contributed by atoms with Crippen LogP contribution in [0.25, 0.3) is 0 Å². The van der Waals surface area contributed by atoms with Gasteiger partial charge in [-0.05, 0) is 37.6 Å². The number of aromatic nitrogens is 3. The molecule has 11 heteroatoms. The zero-order valence-electron chi connectivity index (χ0n) is 15.5. The average molecular weight is 445 g/mol. The highest BCUT2D eigenvalue weighted by atomic mass is 35.5. The Labute approximate surface area is 172 Å². The largest absolute Gasteiger partial charge is 0.486 e. The van der Waals surface area contributed by atoms with E-state index in [0.717, 1.165) is 0 Å². The summed E-state index contributed by atoms with van der Waals surface area (Å²) in [6.07, 6.45) is 0.481. The van der Waals surface area contributed by atoms with Crippen LogP contribution in [0, 0.1) is 0 Å². The van der Waals surface area contributed by atoms with Gasteiger partial charge in [0.05, 0.1) is 16.8 Å². The predicted molar refractivity (Wildman–Crippen MR) is 107 cm³/mol. The molecule has 0 spiro atoms. The van der Waals surface area contributed by atoms with E-state index in [0.29, 0.717) is 28.2 Å². The molecule has 0 radical (unpaired) electrons. The molecule has 2 atom stereocenters. The van der Waals surface area contributed by atoms with Crippen LogP contribution in [-0.4, -0.2) is 64.3 Å². The zero-order chi connectivity index (χ0) is 20.3. The van der Waals surface area contributed by atoms with Gasteiger partial charge >= 0.3 is 0 Å². The van der Waals surface area contributed by atoms with E-state index in [9.17, 15) is 13.2 Å². The second-order valence-electron chi connectivity index (χ2n) is 6.57. The molecule has 2 unspecified atom stereocenters. The van der Waals surface area contributed by atoms with E-state index in [2.05, 4.69) is 15.2 Å².